The number of rotatable bonds is 11. The lowest BCUT2D eigenvalue weighted by molar-refractivity contribution is 0.0893. The first-order valence-corrected chi connectivity index (χ1v) is 9.98. The van der Waals surface area contributed by atoms with Gasteiger partial charge in [0.2, 0.25) is 5.82 Å². The van der Waals surface area contributed by atoms with Crippen LogP contribution < -0.4 is 10.6 Å². The standard InChI is InChI=1S/C19H30N6O3.HI/c1-2-20-19(21-8-4-10-26-13-15-7-12-27-14-15)22-9-6-17-23-18(25-24-17)16-5-3-11-28-16;/h3,5,11,15H,2,4,6-10,12-14H2,1H3,(H2,20,21,22)(H,23,24,25);1H. The van der Waals surface area contributed by atoms with E-state index in [0.29, 0.717) is 30.5 Å². The highest BCUT2D eigenvalue weighted by atomic mass is 127. The summed E-state index contributed by atoms with van der Waals surface area (Å²) >= 11 is 0. The third kappa shape index (κ3) is 8.31. The summed E-state index contributed by atoms with van der Waals surface area (Å²) in [4.78, 5) is 9.03. The summed E-state index contributed by atoms with van der Waals surface area (Å²) in [6.45, 7) is 7.52. The van der Waals surface area contributed by atoms with Gasteiger partial charge in [-0.2, -0.15) is 5.10 Å². The van der Waals surface area contributed by atoms with E-state index in [-0.39, 0.29) is 24.0 Å². The van der Waals surface area contributed by atoms with Crippen LogP contribution in [0.3, 0.4) is 0 Å². The molecule has 0 aromatic carbocycles. The molecule has 0 radical (unpaired) electrons. The Bertz CT molecular complexity index is 701. The molecule has 0 saturated carbocycles. The Morgan fingerprint density at radius 3 is 3.10 bits per heavy atom. The second-order valence-electron chi connectivity index (χ2n) is 6.68. The quantitative estimate of drug-likeness (QED) is 0.181. The predicted molar refractivity (Wildman–Crippen MR) is 122 cm³/mol. The average molecular weight is 518 g/mol. The van der Waals surface area contributed by atoms with Crippen LogP contribution in [0.15, 0.2) is 27.8 Å². The van der Waals surface area contributed by atoms with Crippen molar-refractivity contribution < 1.29 is 13.9 Å². The van der Waals surface area contributed by atoms with Gasteiger partial charge < -0.3 is 24.5 Å². The van der Waals surface area contributed by atoms with E-state index in [9.17, 15) is 0 Å². The summed E-state index contributed by atoms with van der Waals surface area (Å²) in [5, 5.41) is 13.7. The molecule has 1 unspecified atom stereocenters. The SMILES string of the molecule is CCNC(=NCCCOCC1CCOC1)NCCc1nc(-c2ccco2)n[nH]1.I. The van der Waals surface area contributed by atoms with E-state index < -0.39 is 0 Å². The van der Waals surface area contributed by atoms with Crippen LogP contribution in [-0.2, 0) is 15.9 Å². The summed E-state index contributed by atoms with van der Waals surface area (Å²) in [6.07, 6.45) is 4.34. The van der Waals surface area contributed by atoms with E-state index in [1.807, 2.05) is 12.1 Å². The van der Waals surface area contributed by atoms with Crippen LogP contribution in [0.25, 0.3) is 11.6 Å². The van der Waals surface area contributed by atoms with Gasteiger partial charge in [0.05, 0.1) is 19.5 Å². The van der Waals surface area contributed by atoms with Gasteiger partial charge in [-0.1, -0.05) is 0 Å². The van der Waals surface area contributed by atoms with Crippen LogP contribution in [0.4, 0.5) is 0 Å². The van der Waals surface area contributed by atoms with Crippen LogP contribution in [0.5, 0.6) is 0 Å². The molecule has 1 aliphatic heterocycles. The summed E-state index contributed by atoms with van der Waals surface area (Å²) in [5.41, 5.74) is 0. The van der Waals surface area contributed by atoms with Gasteiger partial charge in [-0.3, -0.25) is 10.1 Å². The van der Waals surface area contributed by atoms with Crippen LogP contribution in [0.1, 0.15) is 25.6 Å². The van der Waals surface area contributed by atoms with E-state index >= 15 is 0 Å². The van der Waals surface area contributed by atoms with Gasteiger partial charge in [-0.25, -0.2) is 4.98 Å². The number of nitrogens with one attached hydrogen (secondary N) is 3. The Morgan fingerprint density at radius 1 is 1.41 bits per heavy atom. The molecule has 1 fully saturated rings. The molecule has 2 aromatic rings. The second kappa shape index (κ2) is 13.5. The Hall–Kier alpha value is -1.66. The van der Waals surface area contributed by atoms with Crippen LogP contribution in [0, 0.1) is 5.92 Å². The number of aliphatic imine (C=N–C) groups is 1. The maximum absolute atomic E-state index is 5.71. The first-order valence-electron chi connectivity index (χ1n) is 9.98. The highest BCUT2D eigenvalue weighted by Crippen LogP contribution is 2.14. The van der Waals surface area contributed by atoms with Gasteiger partial charge in [0.25, 0.3) is 0 Å². The molecule has 0 spiro atoms. The van der Waals surface area contributed by atoms with Crippen LogP contribution in [-0.4, -0.2) is 67.2 Å². The number of aromatic nitrogens is 3. The lowest BCUT2D eigenvalue weighted by atomic mass is 10.1. The predicted octanol–water partition coefficient (Wildman–Crippen LogP) is 2.22. The largest absolute Gasteiger partial charge is 0.461 e. The number of aromatic amines is 1. The average Bonchev–Trinajstić information content (AvgIpc) is 3.47. The number of furan rings is 1. The van der Waals surface area contributed by atoms with Crippen molar-refractivity contribution in [2.24, 2.45) is 10.9 Å². The van der Waals surface area contributed by atoms with Crippen molar-refractivity contribution in [3.05, 3.63) is 24.2 Å². The van der Waals surface area contributed by atoms with Crippen molar-refractivity contribution >= 4 is 29.9 Å². The van der Waals surface area contributed by atoms with E-state index in [2.05, 4.69) is 37.7 Å². The highest BCUT2D eigenvalue weighted by molar-refractivity contribution is 14.0. The maximum Gasteiger partial charge on any atom is 0.216 e. The fraction of sp³-hybridized carbons (Fsp3) is 0.632. The Kier molecular flexibility index (Phi) is 11.0. The van der Waals surface area contributed by atoms with E-state index in [1.54, 1.807) is 6.26 Å². The molecule has 29 heavy (non-hydrogen) atoms. The fourth-order valence-corrected chi connectivity index (χ4v) is 2.89. The molecule has 0 amide bonds. The third-order valence-electron chi connectivity index (χ3n) is 4.37. The molecule has 10 heteroatoms. The summed E-state index contributed by atoms with van der Waals surface area (Å²) in [6, 6.07) is 3.66. The molecular formula is C19H31IN6O3. The van der Waals surface area contributed by atoms with E-state index in [1.165, 1.54) is 0 Å². The number of ether oxygens (including phenoxy) is 2. The lowest BCUT2D eigenvalue weighted by Gasteiger charge is -2.11. The van der Waals surface area contributed by atoms with Crippen molar-refractivity contribution in [3.8, 4) is 11.6 Å². The number of nitrogens with zero attached hydrogens (tertiary/aromatic N) is 3. The minimum Gasteiger partial charge on any atom is -0.461 e. The van der Waals surface area contributed by atoms with Crippen molar-refractivity contribution in [1.29, 1.82) is 0 Å². The van der Waals surface area contributed by atoms with Crippen LogP contribution >= 0.6 is 24.0 Å². The van der Waals surface area contributed by atoms with Crippen molar-refractivity contribution in [2.45, 2.75) is 26.2 Å². The Morgan fingerprint density at radius 2 is 2.34 bits per heavy atom. The molecule has 9 nitrogen and oxygen atoms in total. The maximum atomic E-state index is 5.71. The van der Waals surface area contributed by atoms with Crippen LogP contribution in [0.2, 0.25) is 0 Å². The summed E-state index contributed by atoms with van der Waals surface area (Å²) in [5.74, 6) is 3.40. The molecule has 162 valence electrons. The van der Waals surface area contributed by atoms with Crippen molar-refractivity contribution in [1.82, 2.24) is 25.8 Å². The minimum absolute atomic E-state index is 0. The molecule has 1 saturated heterocycles. The molecule has 1 atom stereocenters. The van der Waals surface area contributed by atoms with E-state index in [4.69, 9.17) is 13.9 Å². The monoisotopic (exact) mass is 518 g/mol. The molecule has 2 aromatic heterocycles. The number of halogens is 1. The molecule has 3 N–H and O–H groups in total. The van der Waals surface area contributed by atoms with Gasteiger partial charge in [-0.15, -0.1) is 24.0 Å². The molecule has 0 aliphatic carbocycles. The molecule has 1 aliphatic rings. The minimum atomic E-state index is 0. The zero-order chi connectivity index (χ0) is 19.4. The first-order chi connectivity index (χ1) is 13.8. The van der Waals surface area contributed by atoms with Gasteiger partial charge in [-0.05, 0) is 31.9 Å². The summed E-state index contributed by atoms with van der Waals surface area (Å²) in [7, 11) is 0. The third-order valence-corrected chi connectivity index (χ3v) is 4.37. The van der Waals surface area contributed by atoms with Gasteiger partial charge in [0.1, 0.15) is 5.82 Å². The smallest absolute Gasteiger partial charge is 0.216 e. The summed E-state index contributed by atoms with van der Waals surface area (Å²) < 4.78 is 16.4. The van der Waals surface area contributed by atoms with E-state index in [0.717, 1.165) is 64.1 Å². The lowest BCUT2D eigenvalue weighted by Crippen LogP contribution is -2.38. The van der Waals surface area contributed by atoms with Crippen molar-refractivity contribution in [3.63, 3.8) is 0 Å². The second-order valence-corrected chi connectivity index (χ2v) is 6.68. The number of hydrogen-bond acceptors (Lipinski definition) is 6. The number of H-pyrrole nitrogens is 1. The Labute approximate surface area is 188 Å². The fourth-order valence-electron chi connectivity index (χ4n) is 2.89. The van der Waals surface area contributed by atoms with Crippen molar-refractivity contribution in [2.75, 3.05) is 46.1 Å². The number of guanidine groups is 1. The first kappa shape index (κ1) is 23.6. The van der Waals surface area contributed by atoms with Gasteiger partial charge in [0, 0.05) is 45.2 Å². The van der Waals surface area contributed by atoms with Gasteiger partial charge in [0.15, 0.2) is 11.7 Å². The topological polar surface area (TPSA) is 110 Å². The molecule has 3 heterocycles. The molecular weight excluding hydrogens is 487 g/mol. The number of hydrogen-bond donors (Lipinski definition) is 3. The highest BCUT2D eigenvalue weighted by Gasteiger charge is 2.15. The van der Waals surface area contributed by atoms with Gasteiger partial charge >= 0.3 is 0 Å². The zero-order valence-electron chi connectivity index (χ0n) is 16.9. The Balaban J connectivity index is 0.00000300. The molecule has 0 bridgehead atoms. The molecule has 3 rings (SSSR count). The normalized spacial score (nSPS) is 16.6. The zero-order valence-corrected chi connectivity index (χ0v) is 19.2.